The summed E-state index contributed by atoms with van der Waals surface area (Å²) in [5, 5.41) is 19.2. The van der Waals surface area contributed by atoms with Crippen molar-refractivity contribution in [2.75, 3.05) is 26.3 Å². The highest BCUT2D eigenvalue weighted by atomic mass is 16.5. The predicted octanol–water partition coefficient (Wildman–Crippen LogP) is -0.551. The zero-order valence-corrected chi connectivity index (χ0v) is 8.59. The Labute approximate surface area is 84.5 Å². The molecule has 0 radical (unpaired) electrons. The maximum absolute atomic E-state index is 9.66. The highest BCUT2D eigenvalue weighted by molar-refractivity contribution is 4.88. The fourth-order valence-corrected chi connectivity index (χ4v) is 2.35. The molecule has 2 aliphatic heterocycles. The van der Waals surface area contributed by atoms with E-state index in [4.69, 9.17) is 4.74 Å². The number of aliphatic hydroxyl groups excluding tert-OH is 2. The summed E-state index contributed by atoms with van der Waals surface area (Å²) in [4.78, 5) is 2.25. The molecule has 4 unspecified atom stereocenters. The van der Waals surface area contributed by atoms with Gasteiger partial charge in [0.05, 0.1) is 31.5 Å². The fraction of sp³-hybridized carbons (Fsp3) is 1.00. The van der Waals surface area contributed by atoms with Crippen molar-refractivity contribution in [3.63, 3.8) is 0 Å². The van der Waals surface area contributed by atoms with Crippen molar-refractivity contribution < 1.29 is 14.9 Å². The van der Waals surface area contributed by atoms with E-state index in [9.17, 15) is 10.2 Å². The molecule has 82 valence electrons. The van der Waals surface area contributed by atoms with Crippen LogP contribution in [0.3, 0.4) is 0 Å². The Balaban J connectivity index is 1.92. The van der Waals surface area contributed by atoms with Gasteiger partial charge in [0.15, 0.2) is 0 Å². The molecule has 0 aromatic carbocycles. The lowest BCUT2D eigenvalue weighted by molar-refractivity contribution is -0.00446. The topological polar surface area (TPSA) is 52.9 Å². The highest BCUT2D eigenvalue weighted by Gasteiger charge is 2.35. The Bertz CT molecular complexity index is 200. The van der Waals surface area contributed by atoms with Gasteiger partial charge < -0.3 is 14.9 Å². The molecule has 0 aromatic rings. The van der Waals surface area contributed by atoms with Crippen LogP contribution < -0.4 is 0 Å². The van der Waals surface area contributed by atoms with Gasteiger partial charge in [-0.1, -0.05) is 6.92 Å². The smallest absolute Gasteiger partial charge is 0.0950 e. The van der Waals surface area contributed by atoms with Crippen LogP contribution in [0.25, 0.3) is 0 Å². The molecule has 0 spiro atoms. The SMILES string of the molecule is CC1CN(C2COCC2O)CCC1O. The van der Waals surface area contributed by atoms with E-state index in [0.29, 0.717) is 19.1 Å². The van der Waals surface area contributed by atoms with Crippen LogP contribution in [0.1, 0.15) is 13.3 Å². The Hall–Kier alpha value is -0.160. The summed E-state index contributed by atoms with van der Waals surface area (Å²) in [6.07, 6.45) is 0.285. The summed E-state index contributed by atoms with van der Waals surface area (Å²) in [7, 11) is 0. The molecule has 0 aromatic heterocycles. The van der Waals surface area contributed by atoms with Gasteiger partial charge in [0, 0.05) is 13.1 Å². The van der Waals surface area contributed by atoms with Crippen LogP contribution >= 0.6 is 0 Å². The standard InChI is InChI=1S/C10H19NO3/c1-7-4-11(3-2-9(7)12)8-5-14-6-10(8)13/h7-10,12-13H,2-6H2,1H3. The van der Waals surface area contributed by atoms with Gasteiger partial charge in [0.25, 0.3) is 0 Å². The summed E-state index contributed by atoms with van der Waals surface area (Å²) < 4.78 is 5.23. The fourth-order valence-electron chi connectivity index (χ4n) is 2.35. The normalized spacial score (nSPS) is 45.6. The number of ether oxygens (including phenoxy) is 1. The number of nitrogens with zero attached hydrogens (tertiary/aromatic N) is 1. The van der Waals surface area contributed by atoms with E-state index in [0.717, 1.165) is 19.5 Å². The molecule has 0 saturated carbocycles. The maximum Gasteiger partial charge on any atom is 0.0950 e. The quantitative estimate of drug-likeness (QED) is 0.597. The predicted molar refractivity (Wildman–Crippen MR) is 52.0 cm³/mol. The van der Waals surface area contributed by atoms with Crippen LogP contribution in [-0.2, 0) is 4.74 Å². The summed E-state index contributed by atoms with van der Waals surface area (Å²) in [6, 6.07) is 0.143. The minimum Gasteiger partial charge on any atom is -0.393 e. The molecule has 2 N–H and O–H groups in total. The Morgan fingerprint density at radius 3 is 2.57 bits per heavy atom. The zero-order valence-electron chi connectivity index (χ0n) is 8.59. The summed E-state index contributed by atoms with van der Waals surface area (Å²) >= 11 is 0. The molecular weight excluding hydrogens is 182 g/mol. The van der Waals surface area contributed by atoms with E-state index < -0.39 is 0 Å². The molecule has 2 fully saturated rings. The number of rotatable bonds is 1. The molecule has 4 atom stereocenters. The first-order chi connectivity index (χ1) is 6.68. The minimum atomic E-state index is -0.350. The first kappa shape index (κ1) is 10.4. The molecule has 0 amide bonds. The number of hydrogen-bond donors (Lipinski definition) is 2. The number of hydrogen-bond acceptors (Lipinski definition) is 4. The lowest BCUT2D eigenvalue weighted by Gasteiger charge is -2.38. The number of aliphatic hydroxyl groups is 2. The van der Waals surface area contributed by atoms with Gasteiger partial charge in [0.2, 0.25) is 0 Å². The first-order valence-corrected chi connectivity index (χ1v) is 5.36. The minimum absolute atomic E-state index is 0.143. The van der Waals surface area contributed by atoms with Gasteiger partial charge in [-0.25, -0.2) is 0 Å². The van der Waals surface area contributed by atoms with Crippen LogP contribution in [0.4, 0.5) is 0 Å². The first-order valence-electron chi connectivity index (χ1n) is 5.36. The van der Waals surface area contributed by atoms with Crippen LogP contribution in [0, 0.1) is 5.92 Å². The summed E-state index contributed by atoms with van der Waals surface area (Å²) in [6.45, 7) is 4.88. The van der Waals surface area contributed by atoms with Crippen LogP contribution in [-0.4, -0.2) is 59.7 Å². The van der Waals surface area contributed by atoms with Gasteiger partial charge in [-0.05, 0) is 12.3 Å². The molecule has 14 heavy (non-hydrogen) atoms. The lowest BCUT2D eigenvalue weighted by Crippen LogP contribution is -2.51. The van der Waals surface area contributed by atoms with Crippen molar-refractivity contribution in [1.29, 1.82) is 0 Å². The van der Waals surface area contributed by atoms with E-state index in [1.165, 1.54) is 0 Å². The van der Waals surface area contributed by atoms with E-state index in [-0.39, 0.29) is 18.2 Å². The molecule has 2 heterocycles. The van der Waals surface area contributed by atoms with E-state index >= 15 is 0 Å². The molecule has 2 aliphatic rings. The molecule has 4 nitrogen and oxygen atoms in total. The van der Waals surface area contributed by atoms with Crippen molar-refractivity contribution in [2.45, 2.75) is 31.6 Å². The van der Waals surface area contributed by atoms with Gasteiger partial charge in [-0.3, -0.25) is 4.90 Å². The monoisotopic (exact) mass is 201 g/mol. The second-order valence-electron chi connectivity index (χ2n) is 4.50. The Kier molecular flexibility index (Phi) is 3.07. The molecular formula is C10H19NO3. The van der Waals surface area contributed by atoms with E-state index in [1.54, 1.807) is 0 Å². The number of likely N-dealkylation sites (tertiary alicyclic amines) is 1. The Morgan fingerprint density at radius 2 is 2.00 bits per heavy atom. The second kappa shape index (κ2) is 4.14. The molecule has 2 saturated heterocycles. The van der Waals surface area contributed by atoms with Crippen molar-refractivity contribution in [2.24, 2.45) is 5.92 Å². The van der Waals surface area contributed by atoms with E-state index in [1.807, 2.05) is 0 Å². The van der Waals surface area contributed by atoms with Crippen molar-refractivity contribution in [3.8, 4) is 0 Å². The van der Waals surface area contributed by atoms with Gasteiger partial charge >= 0.3 is 0 Å². The lowest BCUT2D eigenvalue weighted by atomic mass is 9.95. The van der Waals surface area contributed by atoms with E-state index in [2.05, 4.69) is 11.8 Å². The molecule has 0 bridgehead atoms. The van der Waals surface area contributed by atoms with Crippen molar-refractivity contribution in [1.82, 2.24) is 4.90 Å². The highest BCUT2D eigenvalue weighted by Crippen LogP contribution is 2.22. The van der Waals surface area contributed by atoms with Gasteiger partial charge in [-0.15, -0.1) is 0 Å². The van der Waals surface area contributed by atoms with Gasteiger partial charge in [0.1, 0.15) is 0 Å². The van der Waals surface area contributed by atoms with Crippen LogP contribution in [0.15, 0.2) is 0 Å². The maximum atomic E-state index is 9.66. The third-order valence-corrected chi connectivity index (χ3v) is 3.38. The summed E-state index contributed by atoms with van der Waals surface area (Å²) in [5.74, 6) is 0.302. The molecule has 2 rings (SSSR count). The summed E-state index contributed by atoms with van der Waals surface area (Å²) in [5.41, 5.74) is 0. The second-order valence-corrected chi connectivity index (χ2v) is 4.50. The molecule has 4 heteroatoms. The molecule has 0 aliphatic carbocycles. The third-order valence-electron chi connectivity index (χ3n) is 3.38. The van der Waals surface area contributed by atoms with Crippen LogP contribution in [0.5, 0.6) is 0 Å². The third kappa shape index (κ3) is 1.93. The average Bonchev–Trinajstić information content (AvgIpc) is 2.57. The number of piperidine rings is 1. The average molecular weight is 201 g/mol. The van der Waals surface area contributed by atoms with Gasteiger partial charge in [-0.2, -0.15) is 0 Å². The Morgan fingerprint density at radius 1 is 1.21 bits per heavy atom. The largest absolute Gasteiger partial charge is 0.393 e. The van der Waals surface area contributed by atoms with Crippen LogP contribution in [0.2, 0.25) is 0 Å². The van der Waals surface area contributed by atoms with Crippen molar-refractivity contribution in [3.05, 3.63) is 0 Å². The van der Waals surface area contributed by atoms with Crippen molar-refractivity contribution >= 4 is 0 Å². The zero-order chi connectivity index (χ0) is 10.1.